The van der Waals surface area contributed by atoms with Gasteiger partial charge >= 0.3 is 0 Å². The summed E-state index contributed by atoms with van der Waals surface area (Å²) in [5.41, 5.74) is 2.37. The van der Waals surface area contributed by atoms with E-state index in [9.17, 15) is 4.79 Å². The van der Waals surface area contributed by atoms with Crippen molar-refractivity contribution in [3.8, 4) is 0 Å². The fourth-order valence-electron chi connectivity index (χ4n) is 6.13. The van der Waals surface area contributed by atoms with Crippen molar-refractivity contribution in [1.29, 1.82) is 0 Å². The van der Waals surface area contributed by atoms with Crippen molar-refractivity contribution in [2.45, 2.75) is 101 Å². The number of rotatable bonds is 7. The second-order valence-corrected chi connectivity index (χ2v) is 14.2. The standard InChI is InChI=1S/C29H41NO5S2/c1-7-20-22(18(2)16-19-12-9-8-10-13-19)30(26(20)31)23(27-36-14-11-15-37-27)25-24(34-29(5,6)35-25)21-17-32-28(3,4)33-21/h8-10,12-13,16,20-25,27H,7,11,14-15,17H2,1-6H3/b18-16+/t20-,21+,22+,23+,24+,25+/m0/s1. The first-order valence-corrected chi connectivity index (χ1v) is 15.7. The molecule has 4 fully saturated rings. The minimum absolute atomic E-state index is 0.0140. The number of thioether (sulfide) groups is 2. The summed E-state index contributed by atoms with van der Waals surface area (Å²) in [7, 11) is 0. The number of benzene rings is 1. The van der Waals surface area contributed by atoms with Crippen molar-refractivity contribution in [3.05, 3.63) is 41.5 Å². The quantitative estimate of drug-likeness (QED) is 0.414. The van der Waals surface area contributed by atoms with Crippen molar-refractivity contribution in [2.24, 2.45) is 5.92 Å². The first-order chi connectivity index (χ1) is 17.6. The van der Waals surface area contributed by atoms with E-state index in [4.69, 9.17) is 18.9 Å². The highest BCUT2D eigenvalue weighted by Gasteiger charge is 2.60. The van der Waals surface area contributed by atoms with Crippen LogP contribution >= 0.6 is 23.5 Å². The summed E-state index contributed by atoms with van der Waals surface area (Å²) in [6, 6.07) is 10.3. The molecule has 1 aromatic carbocycles. The molecule has 4 aliphatic heterocycles. The Morgan fingerprint density at radius 1 is 1.08 bits per heavy atom. The zero-order valence-electron chi connectivity index (χ0n) is 22.8. The molecule has 0 spiro atoms. The largest absolute Gasteiger partial charge is 0.348 e. The number of carbonyl (C=O) groups excluding carboxylic acids is 1. The third kappa shape index (κ3) is 5.66. The summed E-state index contributed by atoms with van der Waals surface area (Å²) < 4.78 is 25.6. The first-order valence-electron chi connectivity index (χ1n) is 13.6. The number of likely N-dealkylation sites (tertiary alicyclic amines) is 1. The molecule has 204 valence electrons. The van der Waals surface area contributed by atoms with Crippen LogP contribution in [0.15, 0.2) is 35.9 Å². The maximum absolute atomic E-state index is 13.8. The SMILES string of the molecule is CC[C@@H]1C(=O)N([C@@H](C2SCCCS2)[C@H]2OC(C)(C)O[C@@H]2[C@H]2COC(C)(C)O2)[C@@H]1/C(C)=C/c1ccccc1. The van der Waals surface area contributed by atoms with E-state index >= 15 is 0 Å². The maximum atomic E-state index is 13.8. The molecule has 0 bridgehead atoms. The van der Waals surface area contributed by atoms with Gasteiger partial charge in [0.25, 0.3) is 0 Å². The molecule has 6 atom stereocenters. The Morgan fingerprint density at radius 2 is 1.78 bits per heavy atom. The van der Waals surface area contributed by atoms with Crippen molar-refractivity contribution in [3.63, 3.8) is 0 Å². The number of β-lactam (4-membered cyclic amide) rings is 1. The number of carbonyl (C=O) groups is 1. The van der Waals surface area contributed by atoms with E-state index in [1.807, 2.05) is 57.3 Å². The minimum Gasteiger partial charge on any atom is -0.348 e. The molecule has 0 aliphatic carbocycles. The molecular formula is C29H41NO5S2. The van der Waals surface area contributed by atoms with Gasteiger partial charge < -0.3 is 23.8 Å². The Balaban J connectivity index is 1.51. The Labute approximate surface area is 230 Å². The maximum Gasteiger partial charge on any atom is 0.229 e. The number of nitrogens with zero attached hydrogens (tertiary/aromatic N) is 1. The van der Waals surface area contributed by atoms with Gasteiger partial charge in [-0.15, -0.1) is 23.5 Å². The van der Waals surface area contributed by atoms with Gasteiger partial charge in [-0.3, -0.25) is 4.79 Å². The lowest BCUT2D eigenvalue weighted by Crippen LogP contribution is -2.70. The van der Waals surface area contributed by atoms with Gasteiger partial charge in [-0.2, -0.15) is 0 Å². The summed E-state index contributed by atoms with van der Waals surface area (Å²) in [5.74, 6) is 0.965. The molecule has 1 aromatic rings. The number of hydrogen-bond donors (Lipinski definition) is 0. The molecule has 4 saturated heterocycles. The van der Waals surface area contributed by atoms with Gasteiger partial charge in [0.2, 0.25) is 5.91 Å². The topological polar surface area (TPSA) is 57.2 Å². The molecule has 0 radical (unpaired) electrons. The summed E-state index contributed by atoms with van der Waals surface area (Å²) in [4.78, 5) is 16.0. The first kappa shape index (κ1) is 27.5. The Hall–Kier alpha value is -1.03. The van der Waals surface area contributed by atoms with Crippen molar-refractivity contribution >= 4 is 35.5 Å². The highest BCUT2D eigenvalue weighted by atomic mass is 32.2. The Morgan fingerprint density at radius 3 is 2.41 bits per heavy atom. The van der Waals surface area contributed by atoms with Crippen molar-refractivity contribution in [2.75, 3.05) is 18.1 Å². The number of ether oxygens (including phenoxy) is 4. The highest BCUT2D eigenvalue weighted by molar-refractivity contribution is 8.17. The van der Waals surface area contributed by atoms with Crippen LogP contribution in [0.4, 0.5) is 0 Å². The fraction of sp³-hybridized carbons (Fsp3) is 0.690. The number of amides is 1. The zero-order chi connectivity index (χ0) is 26.4. The van der Waals surface area contributed by atoms with Crippen LogP contribution < -0.4 is 0 Å². The third-order valence-corrected chi connectivity index (χ3v) is 10.8. The molecular weight excluding hydrogens is 506 g/mol. The predicted molar refractivity (Wildman–Crippen MR) is 150 cm³/mol. The summed E-state index contributed by atoms with van der Waals surface area (Å²) in [6.45, 7) is 12.5. The summed E-state index contributed by atoms with van der Waals surface area (Å²) in [5, 5.41) is 0. The van der Waals surface area contributed by atoms with E-state index in [-0.39, 0.29) is 46.8 Å². The fourth-order valence-corrected chi connectivity index (χ4v) is 9.33. The van der Waals surface area contributed by atoms with Crippen LogP contribution in [0.3, 0.4) is 0 Å². The van der Waals surface area contributed by atoms with Gasteiger partial charge in [-0.1, -0.05) is 43.3 Å². The molecule has 8 heteroatoms. The number of hydrogen-bond acceptors (Lipinski definition) is 7. The van der Waals surface area contributed by atoms with E-state index in [1.54, 1.807) is 0 Å². The van der Waals surface area contributed by atoms with E-state index in [1.165, 1.54) is 12.0 Å². The zero-order valence-corrected chi connectivity index (χ0v) is 24.5. The molecule has 1 amide bonds. The average Bonchev–Trinajstić information content (AvgIpc) is 3.39. The molecule has 6 nitrogen and oxygen atoms in total. The monoisotopic (exact) mass is 547 g/mol. The third-order valence-electron chi connectivity index (χ3n) is 7.70. The average molecular weight is 548 g/mol. The Bertz CT molecular complexity index is 993. The van der Waals surface area contributed by atoms with Gasteiger partial charge in [0.15, 0.2) is 11.6 Å². The van der Waals surface area contributed by atoms with Gasteiger partial charge in [-0.05, 0) is 70.1 Å². The van der Waals surface area contributed by atoms with E-state index in [0.717, 1.165) is 23.5 Å². The molecule has 5 rings (SSSR count). The second kappa shape index (κ2) is 10.9. The van der Waals surface area contributed by atoms with E-state index in [2.05, 4.69) is 49.1 Å². The lowest BCUT2D eigenvalue weighted by molar-refractivity contribution is -0.176. The molecule has 0 saturated carbocycles. The molecule has 4 aliphatic rings. The van der Waals surface area contributed by atoms with Crippen LogP contribution in [-0.4, -0.2) is 75.5 Å². The highest BCUT2D eigenvalue weighted by Crippen LogP contribution is 2.48. The molecule has 4 heterocycles. The molecule has 0 N–H and O–H groups in total. The Kier molecular flexibility index (Phi) is 8.08. The lowest BCUT2D eigenvalue weighted by atomic mass is 9.78. The van der Waals surface area contributed by atoms with Crippen LogP contribution in [-0.2, 0) is 23.7 Å². The normalized spacial score (nSPS) is 35.0. The van der Waals surface area contributed by atoms with Crippen LogP contribution in [0.25, 0.3) is 6.08 Å². The summed E-state index contributed by atoms with van der Waals surface area (Å²) in [6.07, 6.45) is 3.36. The molecule has 0 unspecified atom stereocenters. The van der Waals surface area contributed by atoms with Crippen molar-refractivity contribution in [1.82, 2.24) is 4.90 Å². The lowest BCUT2D eigenvalue weighted by Gasteiger charge is -2.55. The van der Waals surface area contributed by atoms with Gasteiger partial charge in [0.05, 0.1) is 29.2 Å². The molecule has 37 heavy (non-hydrogen) atoms. The van der Waals surface area contributed by atoms with Crippen LogP contribution in [0.2, 0.25) is 0 Å². The van der Waals surface area contributed by atoms with E-state index in [0.29, 0.717) is 6.61 Å². The van der Waals surface area contributed by atoms with Gasteiger partial charge in [0.1, 0.15) is 18.3 Å². The smallest absolute Gasteiger partial charge is 0.229 e. The van der Waals surface area contributed by atoms with Gasteiger partial charge in [0, 0.05) is 0 Å². The van der Waals surface area contributed by atoms with Crippen molar-refractivity contribution < 1.29 is 23.7 Å². The van der Waals surface area contributed by atoms with Gasteiger partial charge in [-0.25, -0.2) is 0 Å². The molecule has 0 aromatic heterocycles. The minimum atomic E-state index is -0.768. The van der Waals surface area contributed by atoms with E-state index < -0.39 is 11.6 Å². The van der Waals surface area contributed by atoms with Crippen LogP contribution in [0, 0.1) is 5.92 Å². The predicted octanol–water partition coefficient (Wildman–Crippen LogP) is 5.56. The second-order valence-electron chi connectivity index (χ2n) is 11.4. The van der Waals surface area contributed by atoms with Crippen LogP contribution in [0.1, 0.15) is 59.9 Å². The van der Waals surface area contributed by atoms with Crippen LogP contribution in [0.5, 0.6) is 0 Å². The summed E-state index contributed by atoms with van der Waals surface area (Å²) >= 11 is 3.90.